The van der Waals surface area contributed by atoms with Crippen molar-refractivity contribution in [2.24, 2.45) is 0 Å². The van der Waals surface area contributed by atoms with Gasteiger partial charge in [0.1, 0.15) is 30.7 Å². The molecular weight excluding hydrogens is 652 g/mol. The number of hydrogen-bond acceptors (Lipinski definition) is 5. The second kappa shape index (κ2) is 12.1. The Morgan fingerprint density at radius 3 is 2.52 bits per heavy atom. The van der Waals surface area contributed by atoms with Crippen LogP contribution < -0.4 is 14.4 Å². The molecule has 0 amide bonds. The highest BCUT2D eigenvalue weighted by atomic mass is 19.1. The molecule has 256 valence electrons. The molecule has 2 N–H and O–H groups in total. The van der Waals surface area contributed by atoms with Crippen LogP contribution >= 0.6 is 0 Å². The molecule has 1 aliphatic rings. The Morgan fingerprint density at radius 2 is 1.62 bits per heavy atom. The molecular formula is C41H36FN10+. The number of H-pyrrole nitrogens is 2. The zero-order valence-electron chi connectivity index (χ0n) is 28.7. The molecule has 10 nitrogen and oxygen atoms in total. The summed E-state index contributed by atoms with van der Waals surface area (Å²) in [6, 6.07) is 31.0. The normalized spacial score (nSPS) is 12.9. The van der Waals surface area contributed by atoms with Crippen molar-refractivity contribution >= 4 is 55.0 Å². The molecule has 0 saturated carbocycles. The smallest absolute Gasteiger partial charge is 0.270 e. The molecule has 9 aromatic rings. The van der Waals surface area contributed by atoms with E-state index in [-0.39, 0.29) is 5.82 Å². The molecule has 0 atom stereocenters. The number of nitrogens with zero attached hydrogens (tertiary/aromatic N) is 8. The topological polar surface area (TPSA) is 90.5 Å². The van der Waals surface area contributed by atoms with Crippen molar-refractivity contribution < 1.29 is 8.96 Å². The molecule has 1 aliphatic heterocycles. The highest BCUT2D eigenvalue weighted by Gasteiger charge is 2.22. The van der Waals surface area contributed by atoms with Crippen LogP contribution in [0.2, 0.25) is 0 Å². The average molecular weight is 688 g/mol. The number of nitrogens with one attached hydrogen (secondary N) is 2. The second-order valence-electron chi connectivity index (χ2n) is 13.7. The highest BCUT2D eigenvalue weighted by Crippen LogP contribution is 2.38. The molecule has 0 fully saturated rings. The third kappa shape index (κ3) is 5.24. The number of benzene rings is 5. The predicted octanol–water partition coefficient (Wildman–Crippen LogP) is 7.03. The fraction of sp³-hybridized carbons (Fsp3) is 0.171. The summed E-state index contributed by atoms with van der Waals surface area (Å²) in [6.07, 6.45) is 8.28. The van der Waals surface area contributed by atoms with Gasteiger partial charge in [-0.05, 0) is 78.2 Å². The largest absolute Gasteiger partial charge is 0.372 e. The van der Waals surface area contributed by atoms with Gasteiger partial charge in [0.05, 0.1) is 13.1 Å². The monoisotopic (exact) mass is 687 g/mol. The van der Waals surface area contributed by atoms with Gasteiger partial charge in [0.25, 0.3) is 6.33 Å². The fourth-order valence-corrected chi connectivity index (χ4v) is 7.84. The zero-order valence-corrected chi connectivity index (χ0v) is 28.7. The number of rotatable bonds is 9. The van der Waals surface area contributed by atoms with Crippen LogP contribution in [0.3, 0.4) is 0 Å². The van der Waals surface area contributed by atoms with Crippen LogP contribution in [0.4, 0.5) is 15.8 Å². The molecule has 5 heterocycles. The van der Waals surface area contributed by atoms with Crippen molar-refractivity contribution in [3.8, 4) is 16.8 Å². The Morgan fingerprint density at radius 1 is 0.769 bits per heavy atom. The molecule has 0 saturated heterocycles. The van der Waals surface area contributed by atoms with Crippen molar-refractivity contribution in [3.05, 3.63) is 128 Å². The van der Waals surface area contributed by atoms with Crippen LogP contribution in [-0.2, 0) is 19.5 Å². The lowest BCUT2D eigenvalue weighted by Crippen LogP contribution is -2.29. The molecule has 10 rings (SSSR count). The first kappa shape index (κ1) is 30.3. The maximum atomic E-state index is 14.3. The molecule has 5 aromatic carbocycles. The van der Waals surface area contributed by atoms with Gasteiger partial charge in [-0.3, -0.25) is 4.68 Å². The third-order valence-corrected chi connectivity index (χ3v) is 10.6. The number of aromatic amines is 2. The van der Waals surface area contributed by atoms with E-state index in [1.807, 2.05) is 15.7 Å². The minimum atomic E-state index is -0.249. The number of likely N-dealkylation sites (N-methyl/N-ethyl adjacent to an activating group) is 1. The van der Waals surface area contributed by atoms with E-state index in [0.29, 0.717) is 13.1 Å². The van der Waals surface area contributed by atoms with E-state index in [2.05, 4.69) is 121 Å². The summed E-state index contributed by atoms with van der Waals surface area (Å²) in [6.45, 7) is 4.05. The Bertz CT molecular complexity index is 2760. The Kier molecular flexibility index (Phi) is 7.05. The summed E-state index contributed by atoms with van der Waals surface area (Å²) >= 11 is 0. The van der Waals surface area contributed by atoms with E-state index in [1.165, 1.54) is 39.1 Å². The van der Waals surface area contributed by atoms with Gasteiger partial charge >= 0.3 is 0 Å². The average Bonchev–Trinajstić information content (AvgIpc) is 4.02. The van der Waals surface area contributed by atoms with Gasteiger partial charge in [-0.1, -0.05) is 30.3 Å². The summed E-state index contributed by atoms with van der Waals surface area (Å²) in [4.78, 5) is 15.9. The van der Waals surface area contributed by atoms with Crippen molar-refractivity contribution in [3.63, 3.8) is 0 Å². The predicted molar refractivity (Wildman–Crippen MR) is 204 cm³/mol. The minimum absolute atomic E-state index is 0.249. The lowest BCUT2D eigenvalue weighted by molar-refractivity contribution is -0.596. The SMILES string of the molecule is CN(CCn1cncn1)c1cc2c(cc1-c1cccc(-[n+]3cnn(CCN4CCc5cc6c(cc54)[nH]c4ccccc46)c3)c1)[nH]c1ccc(F)cc12. The van der Waals surface area contributed by atoms with E-state index in [4.69, 9.17) is 5.10 Å². The van der Waals surface area contributed by atoms with Gasteiger partial charge in [0, 0.05) is 85.8 Å². The molecule has 0 aliphatic carbocycles. The van der Waals surface area contributed by atoms with Gasteiger partial charge in [0.2, 0.25) is 6.33 Å². The Balaban J connectivity index is 0.930. The fourth-order valence-electron chi connectivity index (χ4n) is 7.84. The molecule has 0 bridgehead atoms. The van der Waals surface area contributed by atoms with Crippen LogP contribution in [0, 0.1) is 5.82 Å². The van der Waals surface area contributed by atoms with Crippen LogP contribution in [-0.4, -0.2) is 61.2 Å². The summed E-state index contributed by atoms with van der Waals surface area (Å²) in [5.41, 5.74) is 11.2. The summed E-state index contributed by atoms with van der Waals surface area (Å²) < 4.78 is 20.3. The number of aromatic nitrogens is 8. The van der Waals surface area contributed by atoms with E-state index in [1.54, 1.807) is 24.8 Å². The quantitative estimate of drug-likeness (QED) is 0.159. The Hall–Kier alpha value is -6.49. The zero-order chi connectivity index (χ0) is 34.8. The number of halogens is 1. The third-order valence-electron chi connectivity index (χ3n) is 10.6. The number of hydrogen-bond donors (Lipinski definition) is 2. The minimum Gasteiger partial charge on any atom is -0.372 e. The van der Waals surface area contributed by atoms with E-state index >= 15 is 0 Å². The number of fused-ring (bicyclic) bond motifs is 7. The van der Waals surface area contributed by atoms with Crippen LogP contribution in [0.1, 0.15) is 5.56 Å². The maximum absolute atomic E-state index is 14.3. The van der Waals surface area contributed by atoms with Gasteiger partial charge in [-0.15, -0.1) is 4.68 Å². The van der Waals surface area contributed by atoms with Crippen LogP contribution in [0.15, 0.2) is 116 Å². The van der Waals surface area contributed by atoms with Crippen LogP contribution in [0.25, 0.3) is 60.4 Å². The summed E-state index contributed by atoms with van der Waals surface area (Å²) in [5, 5.41) is 13.5. The van der Waals surface area contributed by atoms with Crippen molar-refractivity contribution in [2.75, 3.05) is 36.5 Å². The number of para-hydroxylation sites is 1. The van der Waals surface area contributed by atoms with Crippen molar-refractivity contribution in [1.29, 1.82) is 0 Å². The number of anilines is 2. The van der Waals surface area contributed by atoms with E-state index in [9.17, 15) is 4.39 Å². The van der Waals surface area contributed by atoms with Gasteiger partial charge in [-0.25, -0.2) is 13.9 Å². The molecule has 11 heteroatoms. The highest BCUT2D eigenvalue weighted by molar-refractivity contribution is 6.11. The standard InChI is InChI=1S/C41H36FN10/c1-48(13-15-51-24-43-23-44-51)41-21-35-34-19-29(42)9-10-37(34)47-38(35)20-32(41)27-5-4-6-30(17-27)50-25-45-52(26-50)16-14-49-12-11-28-18-33-31-7-2-3-8-36(31)46-39(33)22-40(28)49/h2-10,17-26,46-47H,11-16H2,1H3/q+1. The lowest BCUT2D eigenvalue weighted by atomic mass is 9.99. The summed E-state index contributed by atoms with van der Waals surface area (Å²) in [7, 11) is 2.08. The lowest BCUT2D eigenvalue weighted by Gasteiger charge is -2.23. The Labute approximate surface area is 298 Å². The van der Waals surface area contributed by atoms with Gasteiger partial charge in [0.15, 0.2) is 0 Å². The molecule has 52 heavy (non-hydrogen) atoms. The van der Waals surface area contributed by atoms with Crippen LogP contribution in [0.5, 0.6) is 0 Å². The van der Waals surface area contributed by atoms with Gasteiger partial charge in [-0.2, -0.15) is 5.10 Å². The van der Waals surface area contributed by atoms with E-state index < -0.39 is 0 Å². The van der Waals surface area contributed by atoms with Crippen molar-refractivity contribution in [2.45, 2.75) is 19.5 Å². The second-order valence-corrected chi connectivity index (χ2v) is 13.7. The molecule has 0 radical (unpaired) electrons. The van der Waals surface area contributed by atoms with Crippen molar-refractivity contribution in [1.82, 2.24) is 34.5 Å². The summed E-state index contributed by atoms with van der Waals surface area (Å²) in [5.74, 6) is -0.249. The first-order valence-corrected chi connectivity index (χ1v) is 17.7. The molecule has 0 spiro atoms. The van der Waals surface area contributed by atoms with Gasteiger partial charge < -0.3 is 19.8 Å². The van der Waals surface area contributed by atoms with E-state index in [0.717, 1.165) is 70.4 Å². The molecule has 0 unspecified atom stereocenters. The maximum Gasteiger partial charge on any atom is 0.270 e. The first-order chi connectivity index (χ1) is 25.5. The molecule has 4 aromatic heterocycles. The first-order valence-electron chi connectivity index (χ1n) is 17.7.